The second kappa shape index (κ2) is 8.89. The number of aromatic amines is 1. The Bertz CT molecular complexity index is 1080. The van der Waals surface area contributed by atoms with Crippen LogP contribution in [0.15, 0.2) is 36.4 Å². The average molecular weight is 392 g/mol. The van der Waals surface area contributed by atoms with Gasteiger partial charge >= 0.3 is 5.69 Å². The number of hydrogen-bond donors (Lipinski definition) is 1. The number of hydrogen-bond acceptors (Lipinski definition) is 6. The topological polar surface area (TPSA) is 114 Å². The maximum atomic E-state index is 11.6. The molecule has 0 aliphatic carbocycles. The number of imidazole rings is 1. The van der Waals surface area contributed by atoms with Gasteiger partial charge in [-0.05, 0) is 36.3 Å². The third kappa shape index (κ3) is 4.35. The molecule has 0 spiro atoms. The Labute approximate surface area is 167 Å². The van der Waals surface area contributed by atoms with Crippen molar-refractivity contribution in [2.45, 2.75) is 19.8 Å². The van der Waals surface area contributed by atoms with Crippen molar-refractivity contribution in [2.24, 2.45) is 0 Å². The van der Waals surface area contributed by atoms with E-state index in [0.717, 1.165) is 23.9 Å². The number of fused-ring (bicyclic) bond motifs is 1. The third-order valence-electron chi connectivity index (χ3n) is 4.29. The molecule has 0 saturated heterocycles. The summed E-state index contributed by atoms with van der Waals surface area (Å²) in [4.78, 5) is 18.6. The maximum Gasteiger partial charge on any atom is 0.315 e. The molecule has 0 fully saturated rings. The first-order valence-electron chi connectivity index (χ1n) is 9.13. The number of nitro groups is 1. The predicted molar refractivity (Wildman–Crippen MR) is 110 cm³/mol. The second-order valence-electron chi connectivity index (χ2n) is 6.30. The zero-order chi connectivity index (χ0) is 20.8. The van der Waals surface area contributed by atoms with Crippen LogP contribution in [-0.2, 0) is 0 Å². The summed E-state index contributed by atoms with van der Waals surface area (Å²) in [5.41, 5.74) is 2.00. The summed E-state index contributed by atoms with van der Waals surface area (Å²) in [6.07, 6.45) is 3.20. The van der Waals surface area contributed by atoms with Gasteiger partial charge in [0.2, 0.25) is 5.75 Å². The molecular formula is C21H20N4O4. The van der Waals surface area contributed by atoms with Crippen molar-refractivity contribution >= 4 is 28.4 Å². The van der Waals surface area contributed by atoms with Gasteiger partial charge in [-0.1, -0.05) is 25.5 Å². The molecule has 0 saturated carbocycles. The van der Waals surface area contributed by atoms with Crippen LogP contribution in [0.4, 0.5) is 5.69 Å². The van der Waals surface area contributed by atoms with Crippen LogP contribution in [-0.4, -0.2) is 28.6 Å². The molecule has 0 bridgehead atoms. The van der Waals surface area contributed by atoms with Crippen molar-refractivity contribution in [1.29, 1.82) is 5.26 Å². The molecule has 3 rings (SSSR count). The summed E-state index contributed by atoms with van der Waals surface area (Å²) < 4.78 is 10.9. The molecule has 148 valence electrons. The van der Waals surface area contributed by atoms with Crippen LogP contribution in [0, 0.1) is 21.4 Å². The van der Waals surface area contributed by atoms with E-state index in [0.29, 0.717) is 18.0 Å². The average Bonchev–Trinajstić information content (AvgIpc) is 3.16. The summed E-state index contributed by atoms with van der Waals surface area (Å²) in [6, 6.07) is 12.5. The molecule has 3 aromatic rings. The summed E-state index contributed by atoms with van der Waals surface area (Å²) in [5.74, 6) is 0.715. The number of nitrogens with zero attached hydrogens (tertiary/aromatic N) is 3. The number of nitriles is 1. The number of nitrogens with one attached hydrogen (secondary N) is 1. The first-order chi connectivity index (χ1) is 14.1. The maximum absolute atomic E-state index is 11.6. The number of benzene rings is 2. The van der Waals surface area contributed by atoms with Gasteiger partial charge in [0, 0.05) is 6.07 Å². The molecule has 1 N–H and O–H groups in total. The Morgan fingerprint density at radius 3 is 2.83 bits per heavy atom. The number of unbranched alkanes of at least 4 members (excludes halogenated alkanes) is 1. The van der Waals surface area contributed by atoms with Crippen molar-refractivity contribution in [2.75, 3.05) is 13.7 Å². The number of methoxy groups -OCH3 is 1. The fourth-order valence-electron chi connectivity index (χ4n) is 2.84. The van der Waals surface area contributed by atoms with Gasteiger partial charge in [0.05, 0.1) is 35.2 Å². The van der Waals surface area contributed by atoms with Gasteiger partial charge in [-0.25, -0.2) is 4.98 Å². The van der Waals surface area contributed by atoms with E-state index in [1.807, 2.05) is 31.2 Å². The molecule has 0 amide bonds. The molecule has 8 nitrogen and oxygen atoms in total. The van der Waals surface area contributed by atoms with Crippen LogP contribution < -0.4 is 9.47 Å². The minimum Gasteiger partial charge on any atom is -0.493 e. The zero-order valence-corrected chi connectivity index (χ0v) is 16.1. The largest absolute Gasteiger partial charge is 0.493 e. The SMILES string of the molecule is CCCCOc1c(OC)cc(/C=C(/C#N)c2nc3ccccc3[nH]2)cc1[N+](=O)[O-]. The van der Waals surface area contributed by atoms with E-state index < -0.39 is 4.92 Å². The number of aromatic nitrogens is 2. The lowest BCUT2D eigenvalue weighted by molar-refractivity contribution is -0.386. The van der Waals surface area contributed by atoms with Crippen LogP contribution in [0.3, 0.4) is 0 Å². The number of H-pyrrole nitrogens is 1. The first kappa shape index (κ1) is 19.9. The molecule has 0 aliphatic rings. The summed E-state index contributed by atoms with van der Waals surface area (Å²) in [7, 11) is 1.42. The van der Waals surface area contributed by atoms with Crippen LogP contribution in [0.1, 0.15) is 31.2 Å². The normalized spacial score (nSPS) is 11.3. The molecule has 0 aliphatic heterocycles. The van der Waals surface area contributed by atoms with Crippen molar-refractivity contribution < 1.29 is 14.4 Å². The molecule has 0 atom stereocenters. The Kier molecular flexibility index (Phi) is 6.09. The Balaban J connectivity index is 2.05. The lowest BCUT2D eigenvalue weighted by atomic mass is 10.1. The molecule has 0 unspecified atom stereocenters. The van der Waals surface area contributed by atoms with Crippen molar-refractivity contribution in [3.05, 3.63) is 57.9 Å². The molecule has 2 aromatic carbocycles. The van der Waals surface area contributed by atoms with E-state index >= 15 is 0 Å². The van der Waals surface area contributed by atoms with Gasteiger partial charge < -0.3 is 14.5 Å². The van der Waals surface area contributed by atoms with E-state index in [1.165, 1.54) is 19.3 Å². The van der Waals surface area contributed by atoms with Crippen molar-refractivity contribution in [1.82, 2.24) is 9.97 Å². The van der Waals surface area contributed by atoms with Crippen LogP contribution in [0.2, 0.25) is 0 Å². The highest BCUT2D eigenvalue weighted by molar-refractivity contribution is 5.91. The number of rotatable bonds is 8. The van der Waals surface area contributed by atoms with Gasteiger partial charge in [0.1, 0.15) is 11.9 Å². The highest BCUT2D eigenvalue weighted by Gasteiger charge is 2.22. The summed E-state index contributed by atoms with van der Waals surface area (Å²) >= 11 is 0. The van der Waals surface area contributed by atoms with Crippen molar-refractivity contribution in [3.63, 3.8) is 0 Å². The Morgan fingerprint density at radius 1 is 1.38 bits per heavy atom. The monoisotopic (exact) mass is 392 g/mol. The number of para-hydroxylation sites is 2. The fourth-order valence-corrected chi connectivity index (χ4v) is 2.84. The highest BCUT2D eigenvalue weighted by Crippen LogP contribution is 2.39. The standard InChI is InChI=1S/C21H20N4O4/c1-3-4-9-29-20-18(25(26)27)11-14(12-19(20)28-2)10-15(13-22)21-23-16-7-5-6-8-17(16)24-21/h5-8,10-12H,3-4,9H2,1-2H3,(H,23,24)/b15-10-. The lowest BCUT2D eigenvalue weighted by Gasteiger charge is -2.11. The number of ether oxygens (including phenoxy) is 2. The van der Waals surface area contributed by atoms with Gasteiger partial charge in [-0.15, -0.1) is 0 Å². The van der Waals surface area contributed by atoms with Gasteiger partial charge in [-0.3, -0.25) is 10.1 Å². The molecule has 1 aromatic heterocycles. The Hall–Kier alpha value is -3.86. The van der Waals surface area contributed by atoms with Crippen LogP contribution in [0.5, 0.6) is 11.5 Å². The molecule has 8 heteroatoms. The van der Waals surface area contributed by atoms with E-state index in [2.05, 4.69) is 16.0 Å². The highest BCUT2D eigenvalue weighted by atomic mass is 16.6. The van der Waals surface area contributed by atoms with E-state index in [1.54, 1.807) is 6.07 Å². The lowest BCUT2D eigenvalue weighted by Crippen LogP contribution is -2.03. The van der Waals surface area contributed by atoms with E-state index in [-0.39, 0.29) is 22.8 Å². The first-order valence-corrected chi connectivity index (χ1v) is 9.13. The molecule has 29 heavy (non-hydrogen) atoms. The number of nitro benzene ring substituents is 1. The summed E-state index contributed by atoms with van der Waals surface area (Å²) in [5, 5.41) is 21.2. The molecule has 1 heterocycles. The van der Waals surface area contributed by atoms with E-state index in [4.69, 9.17) is 9.47 Å². The molecular weight excluding hydrogens is 372 g/mol. The smallest absolute Gasteiger partial charge is 0.315 e. The summed E-state index contributed by atoms with van der Waals surface area (Å²) in [6.45, 7) is 2.36. The third-order valence-corrected chi connectivity index (χ3v) is 4.29. The number of allylic oxidation sites excluding steroid dienone is 1. The fraction of sp³-hybridized carbons (Fsp3) is 0.238. The Morgan fingerprint density at radius 2 is 2.17 bits per heavy atom. The van der Waals surface area contributed by atoms with Crippen LogP contribution in [0.25, 0.3) is 22.7 Å². The van der Waals surface area contributed by atoms with Crippen LogP contribution >= 0.6 is 0 Å². The van der Waals surface area contributed by atoms with Crippen molar-refractivity contribution in [3.8, 4) is 17.6 Å². The van der Waals surface area contributed by atoms with Gasteiger partial charge in [0.25, 0.3) is 0 Å². The molecule has 0 radical (unpaired) electrons. The van der Waals surface area contributed by atoms with E-state index in [9.17, 15) is 15.4 Å². The van der Waals surface area contributed by atoms with Gasteiger partial charge in [0.15, 0.2) is 5.75 Å². The minimum atomic E-state index is -0.519. The minimum absolute atomic E-state index is 0.0883. The second-order valence-corrected chi connectivity index (χ2v) is 6.30. The zero-order valence-electron chi connectivity index (χ0n) is 16.1. The quantitative estimate of drug-likeness (QED) is 0.257. The van der Waals surface area contributed by atoms with Gasteiger partial charge in [-0.2, -0.15) is 5.26 Å². The predicted octanol–water partition coefficient (Wildman–Crippen LogP) is 4.72.